The van der Waals surface area contributed by atoms with Gasteiger partial charge in [0, 0.05) is 18.0 Å². The molecule has 92 valence electrons. The number of aromatic nitrogens is 1. The molecule has 3 atom stereocenters. The molecule has 1 aliphatic heterocycles. The second kappa shape index (κ2) is 5.25. The quantitative estimate of drug-likeness (QED) is 0.783. The number of ether oxygens (including phenoxy) is 2. The standard InChI is InChI=1S/C12H15NO4/c1-2-16-12(15)10-9(14)7-17-11(10)8-4-3-5-13-6-8/h3-6,9-11,14H,2,7H2,1H3. The van der Waals surface area contributed by atoms with E-state index < -0.39 is 24.1 Å². The molecular formula is C12H15NO4. The van der Waals surface area contributed by atoms with Crippen LogP contribution in [0.2, 0.25) is 0 Å². The first-order valence-corrected chi connectivity index (χ1v) is 5.60. The van der Waals surface area contributed by atoms with Gasteiger partial charge in [-0.2, -0.15) is 0 Å². The number of nitrogens with zero attached hydrogens (tertiary/aromatic N) is 1. The maximum atomic E-state index is 11.8. The van der Waals surface area contributed by atoms with E-state index in [-0.39, 0.29) is 6.61 Å². The molecule has 3 unspecified atom stereocenters. The summed E-state index contributed by atoms with van der Waals surface area (Å²) in [6.45, 7) is 2.17. The van der Waals surface area contributed by atoms with E-state index in [0.717, 1.165) is 5.56 Å². The number of rotatable bonds is 3. The second-order valence-electron chi connectivity index (χ2n) is 3.89. The Hall–Kier alpha value is -1.46. The van der Waals surface area contributed by atoms with Gasteiger partial charge in [-0.1, -0.05) is 6.07 Å². The van der Waals surface area contributed by atoms with Crippen LogP contribution in [-0.2, 0) is 14.3 Å². The van der Waals surface area contributed by atoms with Gasteiger partial charge in [0.1, 0.15) is 12.0 Å². The molecule has 1 N–H and O–H groups in total. The van der Waals surface area contributed by atoms with Crippen molar-refractivity contribution in [1.29, 1.82) is 0 Å². The summed E-state index contributed by atoms with van der Waals surface area (Å²) >= 11 is 0. The lowest BCUT2D eigenvalue weighted by Gasteiger charge is -2.18. The van der Waals surface area contributed by atoms with Gasteiger partial charge in [0.05, 0.1) is 19.3 Å². The van der Waals surface area contributed by atoms with Gasteiger partial charge in [0.2, 0.25) is 0 Å². The maximum Gasteiger partial charge on any atom is 0.314 e. The Morgan fingerprint density at radius 1 is 1.71 bits per heavy atom. The molecule has 1 aromatic rings. The van der Waals surface area contributed by atoms with E-state index in [1.54, 1.807) is 25.4 Å². The van der Waals surface area contributed by atoms with Gasteiger partial charge in [0.15, 0.2) is 0 Å². The monoisotopic (exact) mass is 237 g/mol. The van der Waals surface area contributed by atoms with Crippen molar-refractivity contribution < 1.29 is 19.4 Å². The highest BCUT2D eigenvalue weighted by Crippen LogP contribution is 2.35. The van der Waals surface area contributed by atoms with E-state index in [9.17, 15) is 9.90 Å². The van der Waals surface area contributed by atoms with Crippen molar-refractivity contribution in [2.45, 2.75) is 19.1 Å². The Balaban J connectivity index is 2.19. The van der Waals surface area contributed by atoms with Gasteiger partial charge in [-0.05, 0) is 13.0 Å². The van der Waals surface area contributed by atoms with Crippen LogP contribution < -0.4 is 0 Å². The number of aliphatic hydroxyl groups excluding tert-OH is 1. The lowest BCUT2D eigenvalue weighted by atomic mass is 9.94. The summed E-state index contributed by atoms with van der Waals surface area (Å²) in [5.74, 6) is -1.09. The lowest BCUT2D eigenvalue weighted by Crippen LogP contribution is -2.30. The molecule has 17 heavy (non-hydrogen) atoms. The lowest BCUT2D eigenvalue weighted by molar-refractivity contribution is -0.152. The van der Waals surface area contributed by atoms with Crippen LogP contribution in [0.1, 0.15) is 18.6 Å². The van der Waals surface area contributed by atoms with Crippen LogP contribution in [-0.4, -0.2) is 35.4 Å². The summed E-state index contributed by atoms with van der Waals surface area (Å²) < 4.78 is 10.4. The molecular weight excluding hydrogens is 222 g/mol. The van der Waals surface area contributed by atoms with E-state index >= 15 is 0 Å². The highest BCUT2D eigenvalue weighted by Gasteiger charge is 2.43. The average molecular weight is 237 g/mol. The highest BCUT2D eigenvalue weighted by atomic mass is 16.5. The van der Waals surface area contributed by atoms with Crippen LogP contribution in [0, 0.1) is 5.92 Å². The number of pyridine rings is 1. The van der Waals surface area contributed by atoms with Crippen LogP contribution in [0.25, 0.3) is 0 Å². The van der Waals surface area contributed by atoms with Crippen molar-refractivity contribution in [1.82, 2.24) is 4.98 Å². The summed E-state index contributed by atoms with van der Waals surface area (Å²) in [6.07, 6.45) is 1.99. The average Bonchev–Trinajstić information content (AvgIpc) is 2.73. The fourth-order valence-corrected chi connectivity index (χ4v) is 1.98. The molecule has 0 aliphatic carbocycles. The van der Waals surface area contributed by atoms with Crippen molar-refractivity contribution >= 4 is 5.97 Å². The molecule has 5 heteroatoms. The molecule has 1 aliphatic rings. The zero-order valence-electron chi connectivity index (χ0n) is 9.57. The minimum Gasteiger partial charge on any atom is -0.466 e. The number of carbonyl (C=O) groups is 1. The number of esters is 1. The molecule has 0 spiro atoms. The van der Waals surface area contributed by atoms with Crippen molar-refractivity contribution in [3.05, 3.63) is 30.1 Å². The fraction of sp³-hybridized carbons (Fsp3) is 0.500. The Kier molecular flexibility index (Phi) is 3.71. The van der Waals surface area contributed by atoms with E-state index in [4.69, 9.17) is 9.47 Å². The number of carbonyl (C=O) groups excluding carboxylic acids is 1. The Morgan fingerprint density at radius 2 is 2.53 bits per heavy atom. The van der Waals surface area contributed by atoms with Crippen molar-refractivity contribution in [2.24, 2.45) is 5.92 Å². The first kappa shape index (κ1) is 12.0. The predicted molar refractivity (Wildman–Crippen MR) is 59.1 cm³/mol. The third-order valence-electron chi connectivity index (χ3n) is 2.76. The summed E-state index contributed by atoms with van der Waals surface area (Å²) in [5, 5.41) is 9.77. The normalized spacial score (nSPS) is 28.0. The van der Waals surface area contributed by atoms with E-state index in [2.05, 4.69) is 4.98 Å². The van der Waals surface area contributed by atoms with E-state index in [1.807, 2.05) is 6.07 Å². The highest BCUT2D eigenvalue weighted by molar-refractivity contribution is 5.74. The maximum absolute atomic E-state index is 11.8. The summed E-state index contributed by atoms with van der Waals surface area (Å²) in [4.78, 5) is 15.7. The van der Waals surface area contributed by atoms with Crippen molar-refractivity contribution in [2.75, 3.05) is 13.2 Å². The molecule has 0 radical (unpaired) electrons. The van der Waals surface area contributed by atoms with Gasteiger partial charge in [-0.15, -0.1) is 0 Å². The Bertz CT molecular complexity index is 381. The minimum absolute atomic E-state index is 0.142. The molecule has 2 rings (SSSR count). The third-order valence-corrected chi connectivity index (χ3v) is 2.76. The first-order valence-electron chi connectivity index (χ1n) is 5.60. The molecule has 0 saturated carbocycles. The summed E-state index contributed by atoms with van der Waals surface area (Å²) in [6, 6.07) is 3.59. The van der Waals surface area contributed by atoms with Crippen LogP contribution in [0.5, 0.6) is 0 Å². The molecule has 2 heterocycles. The number of aliphatic hydroxyl groups is 1. The summed E-state index contributed by atoms with van der Waals surface area (Å²) in [7, 11) is 0. The Morgan fingerprint density at radius 3 is 3.18 bits per heavy atom. The molecule has 1 saturated heterocycles. The fourth-order valence-electron chi connectivity index (χ4n) is 1.98. The molecule has 0 bridgehead atoms. The van der Waals surface area contributed by atoms with Crippen LogP contribution in [0.3, 0.4) is 0 Å². The van der Waals surface area contributed by atoms with Gasteiger partial charge >= 0.3 is 5.97 Å². The van der Waals surface area contributed by atoms with Crippen LogP contribution in [0.15, 0.2) is 24.5 Å². The largest absolute Gasteiger partial charge is 0.466 e. The zero-order valence-corrected chi connectivity index (χ0v) is 9.57. The molecule has 5 nitrogen and oxygen atoms in total. The van der Waals surface area contributed by atoms with Crippen molar-refractivity contribution in [3.63, 3.8) is 0 Å². The number of hydrogen-bond donors (Lipinski definition) is 1. The van der Waals surface area contributed by atoms with Gasteiger partial charge in [-0.25, -0.2) is 0 Å². The third kappa shape index (κ3) is 2.45. The van der Waals surface area contributed by atoms with E-state index in [1.165, 1.54) is 0 Å². The minimum atomic E-state index is -0.820. The molecule has 0 amide bonds. The predicted octanol–water partition coefficient (Wildman–Crippen LogP) is 0.693. The first-order chi connectivity index (χ1) is 8.24. The summed E-state index contributed by atoms with van der Waals surface area (Å²) in [5.41, 5.74) is 0.780. The number of hydrogen-bond acceptors (Lipinski definition) is 5. The van der Waals surface area contributed by atoms with Gasteiger partial charge < -0.3 is 14.6 Å². The van der Waals surface area contributed by atoms with Crippen LogP contribution in [0.4, 0.5) is 0 Å². The molecule has 1 aromatic heterocycles. The van der Waals surface area contributed by atoms with Crippen LogP contribution >= 0.6 is 0 Å². The second-order valence-corrected chi connectivity index (χ2v) is 3.89. The molecule has 0 aromatic carbocycles. The Labute approximate surface area is 99.4 Å². The van der Waals surface area contributed by atoms with Gasteiger partial charge in [0.25, 0.3) is 0 Å². The van der Waals surface area contributed by atoms with E-state index in [0.29, 0.717) is 6.61 Å². The zero-order chi connectivity index (χ0) is 12.3. The topological polar surface area (TPSA) is 68.7 Å². The smallest absolute Gasteiger partial charge is 0.314 e. The van der Waals surface area contributed by atoms with Gasteiger partial charge in [-0.3, -0.25) is 9.78 Å². The van der Waals surface area contributed by atoms with Crippen molar-refractivity contribution in [3.8, 4) is 0 Å². The SMILES string of the molecule is CCOC(=O)C1C(O)COC1c1cccnc1. The molecule has 1 fully saturated rings.